The highest BCUT2D eigenvalue weighted by molar-refractivity contribution is 8.10. The van der Waals surface area contributed by atoms with Crippen molar-refractivity contribution in [1.82, 2.24) is 0 Å². The summed E-state index contributed by atoms with van der Waals surface area (Å²) in [6.45, 7) is 0. The van der Waals surface area contributed by atoms with Crippen LogP contribution in [0.1, 0.15) is 0 Å². The van der Waals surface area contributed by atoms with Crippen LogP contribution in [0.5, 0.6) is 0 Å². The van der Waals surface area contributed by atoms with Gasteiger partial charge in [-0.15, -0.1) is 0 Å². The minimum atomic E-state index is -4.02. The van der Waals surface area contributed by atoms with Gasteiger partial charge in [0.2, 0.25) is 0 Å². The molecule has 0 rings (SSSR count). The van der Waals surface area contributed by atoms with Gasteiger partial charge in [-0.3, -0.25) is 0 Å². The van der Waals surface area contributed by atoms with E-state index in [4.69, 9.17) is 0 Å². The monoisotopic (exact) mass is 175 g/mol. The molecule has 0 amide bonds. The summed E-state index contributed by atoms with van der Waals surface area (Å²) in [5, 5.41) is -0.611. The predicted molar refractivity (Wildman–Crippen MR) is 32.6 cm³/mol. The minimum absolute atomic E-state index is 0.611. The fraction of sp³-hybridized carbons (Fsp3) is 0. The van der Waals surface area contributed by atoms with Crippen LogP contribution in [-0.4, -0.2) is 13.6 Å². The summed E-state index contributed by atoms with van der Waals surface area (Å²) in [6.07, 6.45) is 0. The molecule has 0 unspecified atom stereocenters. The van der Waals surface area contributed by atoms with Crippen molar-refractivity contribution in [3.05, 3.63) is 0 Å². The van der Waals surface area contributed by atoms with Gasteiger partial charge in [0.25, 0.3) is 5.17 Å². The molecule has 0 aliphatic rings. The van der Waals surface area contributed by atoms with E-state index in [0.29, 0.717) is 0 Å². The van der Waals surface area contributed by atoms with Gasteiger partial charge in [0.1, 0.15) is 0 Å². The van der Waals surface area contributed by atoms with E-state index in [2.05, 4.69) is 32.8 Å². The molecule has 0 aliphatic carbocycles. The SMILES string of the molecule is NC(=S)OS(=O)(=O)Cl. The van der Waals surface area contributed by atoms with E-state index in [1.165, 1.54) is 0 Å². The van der Waals surface area contributed by atoms with Gasteiger partial charge in [-0.2, -0.15) is 8.42 Å². The highest BCUT2D eigenvalue weighted by atomic mass is 35.7. The molecule has 7 heteroatoms. The molecule has 4 nitrogen and oxygen atoms in total. The van der Waals surface area contributed by atoms with Crippen LogP contribution in [0.25, 0.3) is 0 Å². The molecule has 48 valence electrons. The van der Waals surface area contributed by atoms with Gasteiger partial charge >= 0.3 is 9.33 Å². The lowest BCUT2D eigenvalue weighted by Crippen LogP contribution is -2.14. The summed E-state index contributed by atoms with van der Waals surface area (Å²) in [5.74, 6) is 0. The molecule has 0 spiro atoms. The minimum Gasteiger partial charge on any atom is -0.359 e. The summed E-state index contributed by atoms with van der Waals surface area (Å²) in [6, 6.07) is 0. The van der Waals surface area contributed by atoms with Crippen molar-refractivity contribution in [2.45, 2.75) is 0 Å². The average Bonchev–Trinajstić information content (AvgIpc) is 1.21. The Morgan fingerprint density at radius 1 is 1.75 bits per heavy atom. The quantitative estimate of drug-likeness (QED) is 0.439. The third-order valence-electron chi connectivity index (χ3n) is 0.182. The predicted octanol–water partition coefficient (Wildman–Crippen LogP) is -0.270. The first-order valence-electron chi connectivity index (χ1n) is 1.35. The van der Waals surface area contributed by atoms with Crippen LogP contribution in [0.3, 0.4) is 0 Å². The van der Waals surface area contributed by atoms with Gasteiger partial charge in [-0.05, 0) is 12.2 Å². The molecule has 0 saturated carbocycles. The second kappa shape index (κ2) is 2.47. The van der Waals surface area contributed by atoms with Crippen LogP contribution in [-0.2, 0) is 13.5 Å². The van der Waals surface area contributed by atoms with Crippen molar-refractivity contribution in [1.29, 1.82) is 0 Å². The van der Waals surface area contributed by atoms with Crippen LogP contribution in [0, 0.1) is 0 Å². The number of thiocarbonyl (C=S) groups is 1. The zero-order chi connectivity index (χ0) is 6.78. The number of nitrogens with two attached hydrogens (primary N) is 1. The topological polar surface area (TPSA) is 69.4 Å². The van der Waals surface area contributed by atoms with Crippen molar-refractivity contribution < 1.29 is 12.6 Å². The van der Waals surface area contributed by atoms with Crippen LogP contribution < -0.4 is 5.73 Å². The molecule has 0 aromatic rings. The Hall–Kier alpha value is -0.0700. The Kier molecular flexibility index (Phi) is 2.45. The maximum Gasteiger partial charge on any atom is 0.403 e. The Bertz CT molecular complexity index is 183. The highest BCUT2D eigenvalue weighted by Crippen LogP contribution is 1.96. The molecule has 2 N–H and O–H groups in total. The molecule has 0 aliphatic heterocycles. The lowest BCUT2D eigenvalue weighted by molar-refractivity contribution is 0.502. The Labute approximate surface area is 56.2 Å². The second-order valence-corrected chi connectivity index (χ2v) is 3.28. The molecule has 0 heterocycles. The number of hydrogen-bond acceptors (Lipinski definition) is 4. The van der Waals surface area contributed by atoms with Crippen LogP contribution >= 0.6 is 22.9 Å². The normalized spacial score (nSPS) is 10.6. The van der Waals surface area contributed by atoms with Crippen molar-refractivity contribution >= 4 is 37.4 Å². The van der Waals surface area contributed by atoms with Gasteiger partial charge in [0, 0.05) is 0 Å². The first-order valence-corrected chi connectivity index (χ1v) is 3.99. The van der Waals surface area contributed by atoms with Crippen molar-refractivity contribution in [2.75, 3.05) is 0 Å². The van der Waals surface area contributed by atoms with E-state index >= 15 is 0 Å². The summed E-state index contributed by atoms with van der Waals surface area (Å²) in [7, 11) is 0.493. The Balaban J connectivity index is 3.95. The van der Waals surface area contributed by atoms with E-state index in [1.54, 1.807) is 0 Å². The van der Waals surface area contributed by atoms with Gasteiger partial charge in [-0.1, -0.05) is 0 Å². The molecular formula is CH2ClNO3S2. The van der Waals surface area contributed by atoms with E-state index in [1.807, 2.05) is 0 Å². The van der Waals surface area contributed by atoms with E-state index in [0.717, 1.165) is 0 Å². The summed E-state index contributed by atoms with van der Waals surface area (Å²) < 4.78 is 23.3. The van der Waals surface area contributed by atoms with Crippen molar-refractivity contribution in [2.24, 2.45) is 5.73 Å². The van der Waals surface area contributed by atoms with E-state index < -0.39 is 14.5 Å². The fourth-order valence-corrected chi connectivity index (χ4v) is 0.879. The number of halogens is 1. The van der Waals surface area contributed by atoms with Crippen LogP contribution in [0.2, 0.25) is 0 Å². The average molecular weight is 176 g/mol. The summed E-state index contributed by atoms with van der Waals surface area (Å²) in [5.41, 5.74) is 4.62. The maximum atomic E-state index is 9.82. The lowest BCUT2D eigenvalue weighted by Gasteiger charge is -1.92. The Morgan fingerprint density at radius 3 is 2.12 bits per heavy atom. The zero-order valence-corrected chi connectivity index (χ0v) is 5.89. The molecular weight excluding hydrogens is 174 g/mol. The largest absolute Gasteiger partial charge is 0.403 e. The molecule has 0 atom stereocenters. The summed E-state index contributed by atoms with van der Waals surface area (Å²) >= 11 is 4.04. The fourth-order valence-electron chi connectivity index (χ4n) is 0.0981. The summed E-state index contributed by atoms with van der Waals surface area (Å²) in [4.78, 5) is 0. The first kappa shape index (κ1) is 7.93. The van der Waals surface area contributed by atoms with Crippen LogP contribution in [0.4, 0.5) is 0 Å². The van der Waals surface area contributed by atoms with Crippen molar-refractivity contribution in [3.63, 3.8) is 0 Å². The molecule has 8 heavy (non-hydrogen) atoms. The molecule has 0 aromatic carbocycles. The standard InChI is InChI=1S/CH2ClNO3S2/c2-8(4,5)6-1(3)7/h(H2,3,7). The molecule has 0 bridgehead atoms. The van der Waals surface area contributed by atoms with E-state index in [-0.39, 0.29) is 0 Å². The van der Waals surface area contributed by atoms with E-state index in [9.17, 15) is 8.42 Å². The highest BCUT2D eigenvalue weighted by Gasteiger charge is 2.04. The van der Waals surface area contributed by atoms with Gasteiger partial charge in [0.05, 0.1) is 10.7 Å². The third-order valence-corrected chi connectivity index (χ3v) is 0.938. The molecule has 0 radical (unpaired) electrons. The molecule has 0 saturated heterocycles. The van der Waals surface area contributed by atoms with Gasteiger partial charge in [0.15, 0.2) is 0 Å². The van der Waals surface area contributed by atoms with Crippen LogP contribution in [0.15, 0.2) is 0 Å². The Morgan fingerprint density at radius 2 is 2.12 bits per heavy atom. The number of rotatable bonds is 1. The lowest BCUT2D eigenvalue weighted by atomic mass is 11.4. The molecule has 0 fully saturated rings. The second-order valence-electron chi connectivity index (χ2n) is 0.795. The smallest absolute Gasteiger partial charge is 0.359 e. The molecule has 0 aromatic heterocycles. The maximum absolute atomic E-state index is 9.82. The van der Waals surface area contributed by atoms with Gasteiger partial charge < -0.3 is 9.92 Å². The third kappa shape index (κ3) is 5.93. The first-order chi connectivity index (χ1) is 3.42. The zero-order valence-electron chi connectivity index (χ0n) is 3.50. The van der Waals surface area contributed by atoms with Gasteiger partial charge in [-0.25, -0.2) is 0 Å². The van der Waals surface area contributed by atoms with Crippen molar-refractivity contribution in [3.8, 4) is 0 Å². The number of hydrogen-bond donors (Lipinski definition) is 1.